The molecule has 2 aromatic rings. The molecule has 27 heavy (non-hydrogen) atoms. The van der Waals surface area contributed by atoms with Crippen LogP contribution < -0.4 is 9.47 Å². The van der Waals surface area contributed by atoms with Crippen molar-refractivity contribution in [3.63, 3.8) is 0 Å². The van der Waals surface area contributed by atoms with Gasteiger partial charge in [-0.3, -0.25) is 0 Å². The summed E-state index contributed by atoms with van der Waals surface area (Å²) in [6.07, 6.45) is 0. The molecule has 0 amide bonds. The smallest absolute Gasteiger partial charge is 0.339 e. The monoisotopic (exact) mass is 389 g/mol. The molecule has 0 saturated heterocycles. The zero-order valence-electron chi connectivity index (χ0n) is 14.7. The lowest BCUT2D eigenvalue weighted by atomic mass is 10.1. The lowest BCUT2D eigenvalue weighted by Crippen LogP contribution is -2.11. The molecule has 2 rings (SSSR count). The van der Waals surface area contributed by atoms with Crippen LogP contribution in [0.5, 0.6) is 11.5 Å². The second-order valence-corrected chi connectivity index (χ2v) is 6.22. The minimum Gasteiger partial charge on any atom is -0.493 e. The van der Waals surface area contributed by atoms with Gasteiger partial charge < -0.3 is 19.3 Å². The van der Waals surface area contributed by atoms with Gasteiger partial charge >= 0.3 is 5.97 Å². The number of carbonyl (C=O) groups is 1. The van der Waals surface area contributed by atoms with Gasteiger partial charge in [-0.1, -0.05) is 23.3 Å². The normalized spacial score (nSPS) is 10.1. The van der Waals surface area contributed by atoms with Crippen LogP contribution in [0.1, 0.15) is 15.9 Å². The minimum absolute atomic E-state index is 0.0248. The van der Waals surface area contributed by atoms with E-state index in [0.29, 0.717) is 17.1 Å². The van der Waals surface area contributed by atoms with Gasteiger partial charge in [-0.15, -0.1) is 11.8 Å². The summed E-state index contributed by atoms with van der Waals surface area (Å²) in [4.78, 5) is 15.6. The molecule has 0 aliphatic rings. The van der Waals surface area contributed by atoms with Gasteiger partial charge in [0.25, 0.3) is 0 Å². The minimum atomic E-state index is -1.12. The van der Waals surface area contributed by atoms with Crippen LogP contribution in [0.3, 0.4) is 0 Å². The largest absolute Gasteiger partial charge is 0.493 e. The summed E-state index contributed by atoms with van der Waals surface area (Å²) in [5.41, 5.74) is 8.87. The lowest BCUT2D eigenvalue weighted by molar-refractivity contribution is 0.0482. The third-order valence-electron chi connectivity index (χ3n) is 3.42. The highest BCUT2D eigenvalue weighted by atomic mass is 32.2. The topological polar surface area (TPSA) is 114 Å². The first-order valence-corrected chi connectivity index (χ1v) is 8.98. The number of azide groups is 1. The van der Waals surface area contributed by atoms with E-state index in [4.69, 9.17) is 19.7 Å². The van der Waals surface area contributed by atoms with Crippen molar-refractivity contribution in [3.8, 4) is 11.5 Å². The van der Waals surface area contributed by atoms with Crippen molar-refractivity contribution in [1.82, 2.24) is 0 Å². The van der Waals surface area contributed by atoms with E-state index in [2.05, 4.69) is 10.0 Å². The first-order valence-electron chi connectivity index (χ1n) is 7.99. The Morgan fingerprint density at radius 3 is 2.59 bits per heavy atom. The van der Waals surface area contributed by atoms with Crippen molar-refractivity contribution in [2.75, 3.05) is 27.1 Å². The van der Waals surface area contributed by atoms with Crippen molar-refractivity contribution in [2.45, 2.75) is 10.6 Å². The van der Waals surface area contributed by atoms with E-state index < -0.39 is 5.97 Å². The number of methoxy groups -OCH3 is 1. The van der Waals surface area contributed by atoms with Crippen LogP contribution in [0.25, 0.3) is 10.4 Å². The van der Waals surface area contributed by atoms with Crippen LogP contribution in [0.15, 0.2) is 52.5 Å². The standard InChI is InChI=1S/C18H19N3O5S/c1-24-12-26-16-8-7-15(25-10-9-20-21-19)14(17(16)18(22)23)11-27-13-5-3-2-4-6-13/h2-8H,9-12H2,1H3,(H,22,23). The molecule has 0 aliphatic carbocycles. The maximum atomic E-state index is 11.9. The van der Waals surface area contributed by atoms with Crippen molar-refractivity contribution in [1.29, 1.82) is 0 Å². The second-order valence-electron chi connectivity index (χ2n) is 5.18. The highest BCUT2D eigenvalue weighted by molar-refractivity contribution is 7.98. The molecule has 0 aliphatic heterocycles. The van der Waals surface area contributed by atoms with Crippen LogP contribution in [-0.4, -0.2) is 38.1 Å². The van der Waals surface area contributed by atoms with Crippen LogP contribution in [-0.2, 0) is 10.5 Å². The molecule has 0 spiro atoms. The average Bonchev–Trinajstić information content (AvgIpc) is 2.69. The molecule has 0 unspecified atom stereocenters. The SMILES string of the molecule is COCOc1ccc(OCCN=[N+]=[N-])c(CSc2ccccc2)c1C(=O)O. The molecule has 0 heterocycles. The molecule has 2 aromatic carbocycles. The van der Waals surface area contributed by atoms with Crippen molar-refractivity contribution >= 4 is 17.7 Å². The van der Waals surface area contributed by atoms with E-state index in [1.165, 1.54) is 24.9 Å². The zero-order valence-corrected chi connectivity index (χ0v) is 15.5. The summed E-state index contributed by atoms with van der Waals surface area (Å²) < 4.78 is 15.9. The number of hydrogen-bond donors (Lipinski definition) is 1. The van der Waals surface area contributed by atoms with Gasteiger partial charge in [0.2, 0.25) is 0 Å². The van der Waals surface area contributed by atoms with E-state index in [1.807, 2.05) is 30.3 Å². The van der Waals surface area contributed by atoms with E-state index in [9.17, 15) is 9.90 Å². The fourth-order valence-electron chi connectivity index (χ4n) is 2.28. The van der Waals surface area contributed by atoms with E-state index in [1.54, 1.807) is 6.07 Å². The predicted octanol–water partition coefficient (Wildman–Crippen LogP) is 4.35. The Morgan fingerprint density at radius 2 is 1.93 bits per heavy atom. The summed E-state index contributed by atoms with van der Waals surface area (Å²) in [7, 11) is 1.46. The predicted molar refractivity (Wildman–Crippen MR) is 101 cm³/mol. The number of carboxylic acids is 1. The van der Waals surface area contributed by atoms with Crippen molar-refractivity contribution in [2.24, 2.45) is 5.11 Å². The summed E-state index contributed by atoms with van der Waals surface area (Å²) in [5, 5.41) is 13.1. The second kappa shape index (κ2) is 11.0. The first kappa shape index (κ1) is 20.4. The van der Waals surface area contributed by atoms with E-state index >= 15 is 0 Å². The quantitative estimate of drug-likeness (QED) is 0.153. The van der Waals surface area contributed by atoms with Crippen LogP contribution in [0, 0.1) is 0 Å². The highest BCUT2D eigenvalue weighted by Crippen LogP contribution is 2.35. The first-order chi connectivity index (χ1) is 13.2. The molecular formula is C18H19N3O5S. The fourth-order valence-corrected chi connectivity index (χ4v) is 3.22. The molecule has 0 radical (unpaired) electrons. The molecule has 8 nitrogen and oxygen atoms in total. The van der Waals surface area contributed by atoms with Crippen LogP contribution in [0.2, 0.25) is 0 Å². The Bertz CT molecular complexity index is 810. The third kappa shape index (κ3) is 6.10. The van der Waals surface area contributed by atoms with Crippen molar-refractivity contribution in [3.05, 3.63) is 64.0 Å². The van der Waals surface area contributed by atoms with Gasteiger partial charge in [-0.2, -0.15) is 0 Å². The van der Waals surface area contributed by atoms with E-state index in [0.717, 1.165) is 4.90 Å². The van der Waals surface area contributed by atoms with Crippen LogP contribution in [0.4, 0.5) is 0 Å². The maximum absolute atomic E-state index is 11.9. The number of nitrogens with zero attached hydrogens (tertiary/aromatic N) is 3. The average molecular weight is 389 g/mol. The lowest BCUT2D eigenvalue weighted by Gasteiger charge is -2.17. The number of ether oxygens (including phenoxy) is 3. The fraction of sp³-hybridized carbons (Fsp3) is 0.278. The van der Waals surface area contributed by atoms with Crippen LogP contribution >= 0.6 is 11.8 Å². The van der Waals surface area contributed by atoms with Gasteiger partial charge in [0.1, 0.15) is 17.1 Å². The number of rotatable bonds is 11. The Labute approximate surface area is 160 Å². The molecule has 0 fully saturated rings. The number of benzene rings is 2. The third-order valence-corrected chi connectivity index (χ3v) is 4.45. The number of carboxylic acid groups (broad SMARTS) is 1. The molecule has 9 heteroatoms. The summed E-state index contributed by atoms with van der Waals surface area (Å²) in [6, 6.07) is 12.8. The molecule has 0 bridgehead atoms. The summed E-state index contributed by atoms with van der Waals surface area (Å²) in [6.45, 7) is 0.221. The molecule has 1 N–H and O–H groups in total. The maximum Gasteiger partial charge on any atom is 0.339 e. The Balaban J connectivity index is 2.34. The van der Waals surface area contributed by atoms with Gasteiger partial charge in [0.05, 0.1) is 13.2 Å². The van der Waals surface area contributed by atoms with Gasteiger partial charge in [0, 0.05) is 28.2 Å². The van der Waals surface area contributed by atoms with Crippen molar-refractivity contribution < 1.29 is 24.1 Å². The van der Waals surface area contributed by atoms with Gasteiger partial charge in [-0.25, -0.2) is 4.79 Å². The molecular weight excluding hydrogens is 370 g/mol. The number of thioether (sulfide) groups is 1. The van der Waals surface area contributed by atoms with Gasteiger partial charge in [0.15, 0.2) is 6.79 Å². The Morgan fingerprint density at radius 1 is 1.19 bits per heavy atom. The van der Waals surface area contributed by atoms with E-state index in [-0.39, 0.29) is 31.3 Å². The summed E-state index contributed by atoms with van der Waals surface area (Å²) >= 11 is 1.48. The highest BCUT2D eigenvalue weighted by Gasteiger charge is 2.21. The molecule has 0 saturated carbocycles. The molecule has 0 atom stereocenters. The van der Waals surface area contributed by atoms with Gasteiger partial charge in [-0.05, 0) is 29.8 Å². The Kier molecular flexibility index (Phi) is 8.31. The Hall–Kier alpha value is -2.87. The number of hydrogen-bond acceptors (Lipinski definition) is 6. The molecule has 0 aromatic heterocycles. The molecule has 142 valence electrons. The number of aromatic carboxylic acids is 1. The summed E-state index contributed by atoms with van der Waals surface area (Å²) in [5.74, 6) is -0.137. The zero-order chi connectivity index (χ0) is 19.5.